The zero-order valence-electron chi connectivity index (χ0n) is 12.2. The van der Waals surface area contributed by atoms with Gasteiger partial charge in [0.2, 0.25) is 0 Å². The van der Waals surface area contributed by atoms with Crippen molar-refractivity contribution in [3.05, 3.63) is 0 Å². The Morgan fingerprint density at radius 2 is 2.28 bits per heavy atom. The Morgan fingerprint density at radius 3 is 2.83 bits per heavy atom. The van der Waals surface area contributed by atoms with Gasteiger partial charge in [-0.3, -0.25) is 0 Å². The molecule has 18 heavy (non-hydrogen) atoms. The second-order valence-electron chi connectivity index (χ2n) is 5.79. The normalized spacial score (nSPS) is 23.5. The van der Waals surface area contributed by atoms with Crippen molar-refractivity contribution in [1.29, 1.82) is 0 Å². The van der Waals surface area contributed by atoms with Crippen LogP contribution in [0.4, 0.5) is 0 Å². The van der Waals surface area contributed by atoms with E-state index in [0.717, 1.165) is 39.1 Å². The second-order valence-corrected chi connectivity index (χ2v) is 5.79. The summed E-state index contributed by atoms with van der Waals surface area (Å²) in [5.74, 6) is 0. The minimum absolute atomic E-state index is 0.152. The minimum Gasteiger partial charge on any atom is -0.394 e. The fourth-order valence-corrected chi connectivity index (χ4v) is 2.31. The predicted octanol–water partition coefficient (Wildman–Crippen LogP) is 1.24. The molecule has 0 radical (unpaired) electrons. The Morgan fingerprint density at radius 1 is 1.50 bits per heavy atom. The van der Waals surface area contributed by atoms with Gasteiger partial charge in [-0.05, 0) is 52.7 Å². The van der Waals surface area contributed by atoms with Crippen molar-refractivity contribution in [1.82, 2.24) is 10.2 Å². The highest BCUT2D eigenvalue weighted by atomic mass is 16.5. The molecule has 2 atom stereocenters. The van der Waals surface area contributed by atoms with Crippen molar-refractivity contribution >= 4 is 0 Å². The maximum Gasteiger partial charge on any atom is 0.0702 e. The summed E-state index contributed by atoms with van der Waals surface area (Å²) in [6.07, 6.45) is 4.87. The zero-order valence-corrected chi connectivity index (χ0v) is 12.2. The lowest BCUT2D eigenvalue weighted by atomic mass is 9.98. The van der Waals surface area contributed by atoms with Gasteiger partial charge >= 0.3 is 0 Å². The summed E-state index contributed by atoms with van der Waals surface area (Å²) in [7, 11) is 2.14. The molecule has 0 amide bonds. The van der Waals surface area contributed by atoms with Crippen LogP contribution in [0.2, 0.25) is 0 Å². The van der Waals surface area contributed by atoms with Crippen LogP contribution in [0.1, 0.15) is 39.5 Å². The van der Waals surface area contributed by atoms with Crippen LogP contribution in [-0.2, 0) is 4.74 Å². The standard InChI is InChI=1S/C14H30N2O2/c1-4-8-15-14(2,12-17)7-9-16(3)11-13-6-5-10-18-13/h13,15,17H,4-12H2,1-3H3. The van der Waals surface area contributed by atoms with Crippen LogP contribution in [0, 0.1) is 0 Å². The monoisotopic (exact) mass is 258 g/mol. The van der Waals surface area contributed by atoms with Crippen LogP contribution >= 0.6 is 0 Å². The number of likely N-dealkylation sites (N-methyl/N-ethyl adjacent to an activating group) is 1. The Labute approximate surface area is 112 Å². The Hall–Kier alpha value is -0.160. The van der Waals surface area contributed by atoms with Crippen molar-refractivity contribution < 1.29 is 9.84 Å². The van der Waals surface area contributed by atoms with Gasteiger partial charge in [0.05, 0.1) is 12.7 Å². The van der Waals surface area contributed by atoms with E-state index in [1.807, 2.05) is 0 Å². The first-order chi connectivity index (χ1) is 8.59. The highest BCUT2D eigenvalue weighted by Crippen LogP contribution is 2.14. The molecule has 1 fully saturated rings. The number of hydrogen-bond donors (Lipinski definition) is 2. The topological polar surface area (TPSA) is 44.7 Å². The average molecular weight is 258 g/mol. The third-order valence-corrected chi connectivity index (χ3v) is 3.74. The fraction of sp³-hybridized carbons (Fsp3) is 1.00. The molecule has 0 saturated carbocycles. The summed E-state index contributed by atoms with van der Waals surface area (Å²) in [5, 5.41) is 12.9. The predicted molar refractivity (Wildman–Crippen MR) is 74.9 cm³/mol. The molecule has 4 heteroatoms. The fourth-order valence-electron chi connectivity index (χ4n) is 2.31. The highest BCUT2D eigenvalue weighted by molar-refractivity contribution is 4.83. The Bertz CT molecular complexity index is 220. The van der Waals surface area contributed by atoms with Gasteiger partial charge in [0.15, 0.2) is 0 Å². The van der Waals surface area contributed by atoms with E-state index >= 15 is 0 Å². The first-order valence-corrected chi connectivity index (χ1v) is 7.25. The van der Waals surface area contributed by atoms with Crippen molar-refractivity contribution in [2.45, 2.75) is 51.2 Å². The highest BCUT2D eigenvalue weighted by Gasteiger charge is 2.23. The Kier molecular flexibility index (Phi) is 7.15. The first-order valence-electron chi connectivity index (χ1n) is 7.25. The summed E-state index contributed by atoms with van der Waals surface area (Å²) in [5.41, 5.74) is -0.152. The molecule has 1 heterocycles. The summed E-state index contributed by atoms with van der Waals surface area (Å²) in [4.78, 5) is 2.32. The average Bonchev–Trinajstić information content (AvgIpc) is 2.87. The lowest BCUT2D eigenvalue weighted by Crippen LogP contribution is -2.48. The van der Waals surface area contributed by atoms with Crippen LogP contribution in [0.5, 0.6) is 0 Å². The van der Waals surface area contributed by atoms with Gasteiger partial charge in [0.25, 0.3) is 0 Å². The Balaban J connectivity index is 2.23. The summed E-state index contributed by atoms with van der Waals surface area (Å²) in [6.45, 7) is 8.33. The maximum atomic E-state index is 9.50. The van der Waals surface area contributed by atoms with E-state index in [9.17, 15) is 5.11 Å². The lowest BCUT2D eigenvalue weighted by Gasteiger charge is -2.31. The van der Waals surface area contributed by atoms with E-state index in [1.165, 1.54) is 12.8 Å². The number of hydrogen-bond acceptors (Lipinski definition) is 4. The van der Waals surface area contributed by atoms with Gasteiger partial charge in [-0.2, -0.15) is 0 Å². The maximum absolute atomic E-state index is 9.50. The van der Waals surface area contributed by atoms with E-state index in [1.54, 1.807) is 0 Å². The molecule has 1 rings (SSSR count). The SMILES string of the molecule is CCCNC(C)(CO)CCN(C)CC1CCCO1. The zero-order chi connectivity index (χ0) is 13.4. The number of ether oxygens (including phenoxy) is 1. The molecule has 1 saturated heterocycles. The molecule has 1 aliphatic heterocycles. The molecular formula is C14H30N2O2. The van der Waals surface area contributed by atoms with Gasteiger partial charge in [0.1, 0.15) is 0 Å². The summed E-state index contributed by atoms with van der Waals surface area (Å²) >= 11 is 0. The second kappa shape index (κ2) is 8.10. The minimum atomic E-state index is -0.152. The molecule has 108 valence electrons. The lowest BCUT2D eigenvalue weighted by molar-refractivity contribution is 0.0753. The van der Waals surface area contributed by atoms with Crippen molar-refractivity contribution in [2.24, 2.45) is 0 Å². The molecule has 0 aromatic carbocycles. The van der Waals surface area contributed by atoms with E-state index < -0.39 is 0 Å². The molecule has 0 aliphatic carbocycles. The number of aliphatic hydroxyl groups is 1. The van der Waals surface area contributed by atoms with Gasteiger partial charge in [-0.15, -0.1) is 0 Å². The van der Waals surface area contributed by atoms with E-state index in [-0.39, 0.29) is 12.1 Å². The van der Waals surface area contributed by atoms with Crippen molar-refractivity contribution in [3.63, 3.8) is 0 Å². The molecule has 0 aromatic heterocycles. The molecule has 4 nitrogen and oxygen atoms in total. The van der Waals surface area contributed by atoms with Crippen LogP contribution in [0.3, 0.4) is 0 Å². The quantitative estimate of drug-likeness (QED) is 0.653. The number of nitrogens with zero attached hydrogens (tertiary/aromatic N) is 1. The molecule has 0 spiro atoms. The third-order valence-electron chi connectivity index (χ3n) is 3.74. The van der Waals surface area contributed by atoms with E-state index in [2.05, 4.69) is 31.1 Å². The molecule has 2 unspecified atom stereocenters. The molecule has 1 aliphatic rings. The van der Waals surface area contributed by atoms with Crippen LogP contribution in [-0.4, -0.2) is 61.5 Å². The molecular weight excluding hydrogens is 228 g/mol. The van der Waals surface area contributed by atoms with Crippen LogP contribution in [0.15, 0.2) is 0 Å². The van der Waals surface area contributed by atoms with Crippen molar-refractivity contribution in [2.75, 3.05) is 39.9 Å². The van der Waals surface area contributed by atoms with Gasteiger partial charge in [0, 0.05) is 18.7 Å². The van der Waals surface area contributed by atoms with Gasteiger partial charge in [-0.25, -0.2) is 0 Å². The number of aliphatic hydroxyl groups excluding tert-OH is 1. The molecule has 0 aromatic rings. The summed E-state index contributed by atoms with van der Waals surface area (Å²) < 4.78 is 5.64. The van der Waals surface area contributed by atoms with E-state index in [0.29, 0.717) is 6.10 Å². The largest absolute Gasteiger partial charge is 0.394 e. The third kappa shape index (κ3) is 5.65. The molecule has 2 N–H and O–H groups in total. The van der Waals surface area contributed by atoms with Crippen molar-refractivity contribution in [3.8, 4) is 0 Å². The summed E-state index contributed by atoms with van der Waals surface area (Å²) in [6, 6.07) is 0. The van der Waals surface area contributed by atoms with Gasteiger partial charge in [-0.1, -0.05) is 6.92 Å². The number of nitrogens with one attached hydrogen (secondary N) is 1. The van der Waals surface area contributed by atoms with Crippen LogP contribution < -0.4 is 5.32 Å². The smallest absolute Gasteiger partial charge is 0.0702 e. The first kappa shape index (κ1) is 15.9. The van der Waals surface area contributed by atoms with Gasteiger partial charge < -0.3 is 20.1 Å². The van der Waals surface area contributed by atoms with Crippen LogP contribution in [0.25, 0.3) is 0 Å². The molecule has 0 bridgehead atoms. The number of rotatable bonds is 9. The van der Waals surface area contributed by atoms with E-state index in [4.69, 9.17) is 4.74 Å².